The molecule has 3 rings (SSSR count). The molecule has 1 aromatic carbocycles. The van der Waals surface area contributed by atoms with Crippen LogP contribution < -0.4 is 5.32 Å². The molecule has 0 amide bonds. The molecule has 0 saturated heterocycles. The molecule has 6 nitrogen and oxygen atoms in total. The number of hydrogen-bond donors (Lipinski definition) is 1. The van der Waals surface area contributed by atoms with Gasteiger partial charge in [-0.05, 0) is 42.8 Å². The van der Waals surface area contributed by atoms with Crippen LogP contribution in [-0.4, -0.2) is 35.5 Å². The number of benzene rings is 1. The van der Waals surface area contributed by atoms with Crippen LogP contribution in [0.3, 0.4) is 0 Å². The van der Waals surface area contributed by atoms with Crippen LogP contribution in [0, 0.1) is 11.3 Å². The van der Waals surface area contributed by atoms with E-state index >= 15 is 0 Å². The number of oxazole rings is 1. The van der Waals surface area contributed by atoms with Crippen LogP contribution in [-0.2, 0) is 5.41 Å². The molecular formula is C23H27N5O. The number of nitrogens with zero attached hydrogens (tertiary/aromatic N) is 4. The fourth-order valence-electron chi connectivity index (χ4n) is 3.12. The van der Waals surface area contributed by atoms with Crippen LogP contribution in [0.4, 0.5) is 5.88 Å². The first-order valence-electron chi connectivity index (χ1n) is 9.61. The summed E-state index contributed by atoms with van der Waals surface area (Å²) in [5, 5.41) is 12.7. The highest BCUT2D eigenvalue weighted by atomic mass is 16.4. The van der Waals surface area contributed by atoms with Gasteiger partial charge in [0.05, 0.1) is 11.6 Å². The maximum Gasteiger partial charge on any atom is 0.232 e. The van der Waals surface area contributed by atoms with Gasteiger partial charge in [-0.25, -0.2) is 0 Å². The van der Waals surface area contributed by atoms with Gasteiger partial charge in [0.15, 0.2) is 0 Å². The van der Waals surface area contributed by atoms with Crippen LogP contribution in [0.1, 0.15) is 43.6 Å². The Hall–Kier alpha value is -3.17. The fraction of sp³-hybridized carbons (Fsp3) is 0.348. The largest absolute Gasteiger partial charge is 0.419 e. The summed E-state index contributed by atoms with van der Waals surface area (Å²) < 4.78 is 5.82. The van der Waals surface area contributed by atoms with E-state index in [-0.39, 0.29) is 17.2 Å². The smallest absolute Gasteiger partial charge is 0.232 e. The topological polar surface area (TPSA) is 78.0 Å². The first-order chi connectivity index (χ1) is 13.8. The summed E-state index contributed by atoms with van der Waals surface area (Å²) in [6, 6.07) is 14.6. The predicted octanol–water partition coefficient (Wildman–Crippen LogP) is 4.62. The van der Waals surface area contributed by atoms with Crippen LogP contribution in [0.2, 0.25) is 0 Å². The molecule has 2 heterocycles. The van der Waals surface area contributed by atoms with Gasteiger partial charge in [-0.2, -0.15) is 10.2 Å². The second-order valence-corrected chi connectivity index (χ2v) is 8.28. The molecule has 0 aliphatic rings. The lowest BCUT2D eigenvalue weighted by Gasteiger charge is -2.26. The number of aromatic nitrogens is 2. The van der Waals surface area contributed by atoms with Gasteiger partial charge in [-0.3, -0.25) is 4.98 Å². The van der Waals surface area contributed by atoms with Crippen molar-refractivity contribution in [2.75, 3.05) is 26.0 Å². The number of likely N-dealkylation sites (N-methyl/N-ethyl adjacent to an activating group) is 1. The molecule has 1 atom stereocenters. The molecule has 3 aromatic rings. The Balaban J connectivity index is 1.79. The molecule has 6 heteroatoms. The third kappa shape index (κ3) is 4.82. The molecule has 0 aliphatic heterocycles. The fourth-order valence-corrected chi connectivity index (χ4v) is 3.12. The molecule has 0 spiro atoms. The predicted molar refractivity (Wildman–Crippen MR) is 115 cm³/mol. The number of hydrogen-bond acceptors (Lipinski definition) is 6. The van der Waals surface area contributed by atoms with Crippen molar-refractivity contribution in [3.63, 3.8) is 0 Å². The van der Waals surface area contributed by atoms with Gasteiger partial charge in [-0.1, -0.05) is 45.0 Å². The molecule has 0 radical (unpaired) electrons. The third-order valence-corrected chi connectivity index (χ3v) is 4.88. The van der Waals surface area contributed by atoms with E-state index in [1.54, 1.807) is 12.4 Å². The highest BCUT2D eigenvalue weighted by Gasteiger charge is 2.20. The number of anilines is 1. The minimum absolute atomic E-state index is 0.113. The van der Waals surface area contributed by atoms with Crippen molar-refractivity contribution in [1.29, 1.82) is 5.26 Å². The molecule has 0 saturated carbocycles. The Morgan fingerprint density at radius 1 is 1.17 bits per heavy atom. The molecule has 0 fully saturated rings. The number of nitrogens with one attached hydrogen (secondary N) is 1. The summed E-state index contributed by atoms with van der Waals surface area (Å²) in [5.74, 6) is 0.762. The van der Waals surface area contributed by atoms with E-state index in [2.05, 4.69) is 71.3 Å². The zero-order chi connectivity index (χ0) is 21.0. The van der Waals surface area contributed by atoms with Crippen molar-refractivity contribution in [3.8, 4) is 17.5 Å². The summed E-state index contributed by atoms with van der Waals surface area (Å²) in [4.78, 5) is 10.5. The lowest BCUT2D eigenvalue weighted by atomic mass is 9.86. The van der Waals surface area contributed by atoms with E-state index in [0.717, 1.165) is 5.56 Å². The average molecular weight is 390 g/mol. The minimum atomic E-state index is 0.113. The van der Waals surface area contributed by atoms with Crippen LogP contribution >= 0.6 is 0 Å². The van der Waals surface area contributed by atoms with Crippen LogP contribution in [0.5, 0.6) is 0 Å². The molecule has 150 valence electrons. The molecule has 0 unspecified atom stereocenters. The minimum Gasteiger partial charge on any atom is -0.419 e. The third-order valence-electron chi connectivity index (χ3n) is 4.88. The Labute approximate surface area is 172 Å². The van der Waals surface area contributed by atoms with E-state index < -0.39 is 0 Å². The Kier molecular flexibility index (Phi) is 6.00. The molecule has 2 aromatic heterocycles. The molecule has 29 heavy (non-hydrogen) atoms. The quantitative estimate of drug-likeness (QED) is 0.663. The molecule has 1 N–H and O–H groups in total. The van der Waals surface area contributed by atoms with Crippen molar-refractivity contribution in [2.45, 2.75) is 32.2 Å². The van der Waals surface area contributed by atoms with Gasteiger partial charge in [0.25, 0.3) is 0 Å². The number of nitriles is 1. The maximum atomic E-state index is 9.44. The first-order valence-corrected chi connectivity index (χ1v) is 9.61. The summed E-state index contributed by atoms with van der Waals surface area (Å²) in [7, 11) is 4.08. The zero-order valence-corrected chi connectivity index (χ0v) is 17.6. The maximum absolute atomic E-state index is 9.44. The molecular weight excluding hydrogens is 362 g/mol. The van der Waals surface area contributed by atoms with Gasteiger partial charge >= 0.3 is 0 Å². The highest BCUT2D eigenvalue weighted by Crippen LogP contribution is 2.28. The average Bonchev–Trinajstić information content (AvgIpc) is 3.11. The number of rotatable bonds is 6. The van der Waals surface area contributed by atoms with Gasteiger partial charge in [0.2, 0.25) is 17.5 Å². The summed E-state index contributed by atoms with van der Waals surface area (Å²) >= 11 is 0. The van der Waals surface area contributed by atoms with Crippen LogP contribution in [0.25, 0.3) is 11.5 Å². The normalized spacial score (nSPS) is 12.6. The van der Waals surface area contributed by atoms with Crippen molar-refractivity contribution < 1.29 is 4.42 Å². The van der Waals surface area contributed by atoms with E-state index in [1.807, 2.05) is 26.2 Å². The highest BCUT2D eigenvalue weighted by molar-refractivity contribution is 5.57. The second kappa shape index (κ2) is 8.46. The lowest BCUT2D eigenvalue weighted by Crippen LogP contribution is -2.27. The number of pyridine rings is 1. The van der Waals surface area contributed by atoms with E-state index in [0.29, 0.717) is 18.3 Å². The van der Waals surface area contributed by atoms with Crippen molar-refractivity contribution in [2.24, 2.45) is 0 Å². The summed E-state index contributed by atoms with van der Waals surface area (Å²) in [6.07, 6.45) is 3.35. The van der Waals surface area contributed by atoms with Gasteiger partial charge in [0.1, 0.15) is 6.07 Å². The van der Waals surface area contributed by atoms with Crippen molar-refractivity contribution in [1.82, 2.24) is 14.9 Å². The Morgan fingerprint density at radius 3 is 2.45 bits per heavy atom. The Bertz CT molecular complexity index is 979. The standard InChI is InChI=1S/C23H27N5O/c1-23(2,3)18-10-8-16(9-11-18)20(28(4)5)15-26-22-19(13-24)27-21(29-22)17-7-6-12-25-14-17/h6-12,14,20,26H,15H2,1-5H3/t20-/m1/s1. The van der Waals surface area contributed by atoms with Gasteiger partial charge in [0, 0.05) is 18.9 Å². The SMILES string of the molecule is CN(C)[C@H](CNc1oc(-c2cccnc2)nc1C#N)c1ccc(C(C)(C)C)cc1. The zero-order valence-electron chi connectivity index (χ0n) is 17.6. The lowest BCUT2D eigenvalue weighted by molar-refractivity contribution is 0.310. The summed E-state index contributed by atoms with van der Waals surface area (Å²) in [5.41, 5.74) is 3.59. The molecule has 0 aliphatic carbocycles. The van der Waals surface area contributed by atoms with Crippen molar-refractivity contribution in [3.05, 3.63) is 65.6 Å². The van der Waals surface area contributed by atoms with Crippen LogP contribution in [0.15, 0.2) is 53.2 Å². The van der Waals surface area contributed by atoms with Crippen molar-refractivity contribution >= 4 is 5.88 Å². The van der Waals surface area contributed by atoms with Gasteiger partial charge < -0.3 is 14.6 Å². The van der Waals surface area contributed by atoms with E-state index in [9.17, 15) is 5.26 Å². The Morgan fingerprint density at radius 2 is 1.90 bits per heavy atom. The van der Waals surface area contributed by atoms with E-state index in [4.69, 9.17) is 4.42 Å². The molecule has 0 bridgehead atoms. The second-order valence-electron chi connectivity index (χ2n) is 8.28. The monoisotopic (exact) mass is 389 g/mol. The van der Waals surface area contributed by atoms with E-state index in [1.165, 1.54) is 11.1 Å². The van der Waals surface area contributed by atoms with Gasteiger partial charge in [-0.15, -0.1) is 0 Å². The summed E-state index contributed by atoms with van der Waals surface area (Å²) in [6.45, 7) is 7.21. The first kappa shape index (κ1) is 20.6.